The fraction of sp³-hybridized carbons (Fsp3) is 0.500. The van der Waals surface area contributed by atoms with Crippen molar-refractivity contribution in [3.8, 4) is 0 Å². The zero-order chi connectivity index (χ0) is 15.2. The molecule has 1 aliphatic rings. The highest BCUT2D eigenvalue weighted by atomic mass is 16.2. The minimum absolute atomic E-state index is 0.0384. The third-order valence-corrected chi connectivity index (χ3v) is 3.85. The summed E-state index contributed by atoms with van der Waals surface area (Å²) < 4.78 is 0. The molecule has 5 nitrogen and oxygen atoms in total. The molecule has 0 unspecified atom stereocenters. The van der Waals surface area contributed by atoms with Crippen molar-refractivity contribution in [1.82, 2.24) is 15.1 Å². The molecule has 1 aromatic carbocycles. The van der Waals surface area contributed by atoms with Gasteiger partial charge in [-0.25, -0.2) is 4.79 Å². The minimum Gasteiger partial charge on any atom is -0.339 e. The average molecular weight is 289 g/mol. The lowest BCUT2D eigenvalue weighted by atomic mass is 10.1. The van der Waals surface area contributed by atoms with E-state index in [1.807, 2.05) is 43.0 Å². The average Bonchev–Trinajstić information content (AvgIpc) is 2.50. The molecule has 2 rings (SSSR count). The third kappa shape index (κ3) is 3.97. The Morgan fingerprint density at radius 2 is 1.71 bits per heavy atom. The van der Waals surface area contributed by atoms with Crippen molar-refractivity contribution >= 4 is 11.9 Å². The second-order valence-corrected chi connectivity index (χ2v) is 5.31. The highest BCUT2D eigenvalue weighted by molar-refractivity contribution is 5.80. The van der Waals surface area contributed by atoms with Crippen LogP contribution in [0.3, 0.4) is 0 Å². The van der Waals surface area contributed by atoms with Gasteiger partial charge in [-0.05, 0) is 25.0 Å². The molecular weight excluding hydrogens is 266 g/mol. The second kappa shape index (κ2) is 7.11. The van der Waals surface area contributed by atoms with Crippen LogP contribution in [0.15, 0.2) is 24.3 Å². The number of piperazine rings is 1. The van der Waals surface area contributed by atoms with Crippen molar-refractivity contribution in [3.63, 3.8) is 0 Å². The molecule has 1 saturated heterocycles. The predicted octanol–water partition coefficient (Wildman–Crippen LogP) is 1.41. The smallest absolute Gasteiger partial charge is 0.317 e. The molecule has 114 valence electrons. The van der Waals surface area contributed by atoms with Gasteiger partial charge in [0.15, 0.2) is 0 Å². The SMILES string of the molecule is CCNC(=O)N1CCN(C(=O)Cc2ccccc2C)CC1. The third-order valence-electron chi connectivity index (χ3n) is 3.85. The van der Waals surface area contributed by atoms with Gasteiger partial charge in [0.25, 0.3) is 0 Å². The lowest BCUT2D eigenvalue weighted by molar-refractivity contribution is -0.131. The van der Waals surface area contributed by atoms with Crippen LogP contribution in [0.2, 0.25) is 0 Å². The van der Waals surface area contributed by atoms with E-state index in [2.05, 4.69) is 5.32 Å². The summed E-state index contributed by atoms with van der Waals surface area (Å²) in [5, 5.41) is 2.79. The van der Waals surface area contributed by atoms with Crippen LogP contribution in [-0.2, 0) is 11.2 Å². The standard InChI is InChI=1S/C16H23N3O2/c1-3-17-16(21)19-10-8-18(9-11-19)15(20)12-14-7-5-4-6-13(14)2/h4-7H,3,8-12H2,1-2H3,(H,17,21). The number of nitrogens with zero attached hydrogens (tertiary/aromatic N) is 2. The number of nitrogens with one attached hydrogen (secondary N) is 1. The Labute approximate surface area is 125 Å². The Hall–Kier alpha value is -2.04. The van der Waals surface area contributed by atoms with Crippen LogP contribution in [0, 0.1) is 6.92 Å². The minimum atomic E-state index is -0.0384. The van der Waals surface area contributed by atoms with Crippen molar-refractivity contribution < 1.29 is 9.59 Å². The summed E-state index contributed by atoms with van der Waals surface area (Å²) in [5.41, 5.74) is 2.22. The van der Waals surface area contributed by atoms with Gasteiger partial charge >= 0.3 is 6.03 Å². The molecule has 1 N–H and O–H groups in total. The van der Waals surface area contributed by atoms with E-state index >= 15 is 0 Å². The Morgan fingerprint density at radius 3 is 2.33 bits per heavy atom. The summed E-state index contributed by atoms with van der Waals surface area (Å²) in [6.45, 7) is 6.99. The summed E-state index contributed by atoms with van der Waals surface area (Å²) in [6.07, 6.45) is 0.438. The van der Waals surface area contributed by atoms with Gasteiger partial charge in [0.2, 0.25) is 5.91 Å². The van der Waals surface area contributed by atoms with Crippen LogP contribution in [0.1, 0.15) is 18.1 Å². The highest BCUT2D eigenvalue weighted by Gasteiger charge is 2.23. The number of hydrogen-bond donors (Lipinski definition) is 1. The van der Waals surface area contributed by atoms with E-state index in [0.717, 1.165) is 11.1 Å². The molecule has 21 heavy (non-hydrogen) atoms. The maximum absolute atomic E-state index is 12.3. The molecule has 0 spiro atoms. The molecule has 1 aliphatic heterocycles. The quantitative estimate of drug-likeness (QED) is 0.915. The number of hydrogen-bond acceptors (Lipinski definition) is 2. The Bertz CT molecular complexity index is 508. The van der Waals surface area contributed by atoms with E-state index in [9.17, 15) is 9.59 Å². The van der Waals surface area contributed by atoms with Crippen LogP contribution in [0.5, 0.6) is 0 Å². The number of urea groups is 1. The number of benzene rings is 1. The number of carbonyl (C=O) groups is 2. The van der Waals surface area contributed by atoms with Gasteiger partial charge < -0.3 is 15.1 Å². The van der Waals surface area contributed by atoms with Crippen LogP contribution >= 0.6 is 0 Å². The number of carbonyl (C=O) groups excluding carboxylic acids is 2. The largest absolute Gasteiger partial charge is 0.339 e. The maximum atomic E-state index is 12.3. The second-order valence-electron chi connectivity index (χ2n) is 5.31. The molecule has 0 bridgehead atoms. The molecule has 0 radical (unpaired) electrons. The molecule has 5 heteroatoms. The Morgan fingerprint density at radius 1 is 1.10 bits per heavy atom. The first kappa shape index (κ1) is 15.4. The van der Waals surface area contributed by atoms with Crippen LogP contribution < -0.4 is 5.32 Å². The van der Waals surface area contributed by atoms with E-state index in [1.165, 1.54) is 0 Å². The lowest BCUT2D eigenvalue weighted by Gasteiger charge is -2.34. The molecular formula is C16H23N3O2. The molecule has 3 amide bonds. The molecule has 0 aliphatic carbocycles. The summed E-state index contributed by atoms with van der Waals surface area (Å²) in [4.78, 5) is 27.7. The monoisotopic (exact) mass is 289 g/mol. The van der Waals surface area contributed by atoms with Crippen LogP contribution in [0.25, 0.3) is 0 Å². The highest BCUT2D eigenvalue weighted by Crippen LogP contribution is 2.11. The molecule has 0 saturated carbocycles. The normalized spacial score (nSPS) is 15.0. The number of rotatable bonds is 3. The van der Waals surface area contributed by atoms with E-state index in [-0.39, 0.29) is 11.9 Å². The first-order valence-corrected chi connectivity index (χ1v) is 7.47. The summed E-state index contributed by atoms with van der Waals surface area (Å²) in [5.74, 6) is 0.139. The maximum Gasteiger partial charge on any atom is 0.317 e. The van der Waals surface area contributed by atoms with Crippen molar-refractivity contribution in [2.45, 2.75) is 20.3 Å². The van der Waals surface area contributed by atoms with E-state index < -0.39 is 0 Å². The van der Waals surface area contributed by atoms with E-state index in [4.69, 9.17) is 0 Å². The van der Waals surface area contributed by atoms with E-state index in [1.54, 1.807) is 4.90 Å². The molecule has 1 fully saturated rings. The van der Waals surface area contributed by atoms with Crippen molar-refractivity contribution in [2.75, 3.05) is 32.7 Å². The van der Waals surface area contributed by atoms with Crippen LogP contribution in [-0.4, -0.2) is 54.5 Å². The zero-order valence-electron chi connectivity index (χ0n) is 12.8. The van der Waals surface area contributed by atoms with Gasteiger partial charge in [-0.1, -0.05) is 24.3 Å². The Balaban J connectivity index is 1.86. The van der Waals surface area contributed by atoms with E-state index in [0.29, 0.717) is 39.1 Å². The van der Waals surface area contributed by atoms with Gasteiger partial charge in [0.05, 0.1) is 6.42 Å². The van der Waals surface area contributed by atoms with Gasteiger partial charge in [0.1, 0.15) is 0 Å². The number of amides is 3. The summed E-state index contributed by atoms with van der Waals surface area (Å²) in [7, 11) is 0. The van der Waals surface area contributed by atoms with Crippen molar-refractivity contribution in [2.24, 2.45) is 0 Å². The first-order chi connectivity index (χ1) is 10.1. The lowest BCUT2D eigenvalue weighted by Crippen LogP contribution is -2.53. The fourth-order valence-corrected chi connectivity index (χ4v) is 2.51. The topological polar surface area (TPSA) is 52.7 Å². The summed E-state index contributed by atoms with van der Waals surface area (Å²) in [6, 6.07) is 7.92. The van der Waals surface area contributed by atoms with Gasteiger partial charge in [-0.2, -0.15) is 0 Å². The van der Waals surface area contributed by atoms with Crippen molar-refractivity contribution in [1.29, 1.82) is 0 Å². The van der Waals surface area contributed by atoms with Gasteiger partial charge in [-0.15, -0.1) is 0 Å². The first-order valence-electron chi connectivity index (χ1n) is 7.47. The molecule has 1 aromatic rings. The molecule has 0 atom stereocenters. The molecule has 0 aromatic heterocycles. The van der Waals surface area contributed by atoms with Crippen molar-refractivity contribution in [3.05, 3.63) is 35.4 Å². The Kier molecular flexibility index (Phi) is 5.20. The van der Waals surface area contributed by atoms with Crippen LogP contribution in [0.4, 0.5) is 4.79 Å². The zero-order valence-corrected chi connectivity index (χ0v) is 12.8. The van der Waals surface area contributed by atoms with Gasteiger partial charge in [0, 0.05) is 32.7 Å². The summed E-state index contributed by atoms with van der Waals surface area (Å²) >= 11 is 0. The fourth-order valence-electron chi connectivity index (χ4n) is 2.51. The molecule has 1 heterocycles. The number of aryl methyl sites for hydroxylation is 1. The predicted molar refractivity (Wildman–Crippen MR) is 82.1 cm³/mol. The van der Waals surface area contributed by atoms with Gasteiger partial charge in [-0.3, -0.25) is 4.79 Å².